The molecule has 0 aliphatic carbocycles. The van der Waals surface area contributed by atoms with E-state index in [1.165, 1.54) is 33.2 Å². The maximum atomic E-state index is 9.82. The highest BCUT2D eigenvalue weighted by Crippen LogP contribution is 2.37. The fourth-order valence-corrected chi connectivity index (χ4v) is 4.02. The molecule has 2 nitrogen and oxygen atoms in total. The zero-order valence-corrected chi connectivity index (χ0v) is 15.4. The van der Waals surface area contributed by atoms with Gasteiger partial charge in [-0.2, -0.15) is 11.8 Å². The predicted molar refractivity (Wildman–Crippen MR) is 105 cm³/mol. The topological polar surface area (TPSA) is 36.0 Å². The summed E-state index contributed by atoms with van der Waals surface area (Å²) in [5, 5.41) is 11.1. The minimum atomic E-state index is 0.163. The molecule has 0 spiro atoms. The Labute approximate surface area is 148 Å². The first-order chi connectivity index (χ1) is 11.7. The standard InChI is InChI=1S/C21H25NOS/c1-14-7-9-16(10-8-14)20(15(2)12-23)19-11-22-21-17(13-24-3)5-4-6-18(19)21/h4-11,15,20,22-23H,12-13H2,1-3H3. The largest absolute Gasteiger partial charge is 0.396 e. The number of fused-ring (bicyclic) bond motifs is 1. The Morgan fingerprint density at radius 1 is 1.12 bits per heavy atom. The fourth-order valence-electron chi connectivity index (χ4n) is 3.47. The number of hydrogen-bond acceptors (Lipinski definition) is 2. The molecule has 2 unspecified atom stereocenters. The maximum absolute atomic E-state index is 9.82. The molecular weight excluding hydrogens is 314 g/mol. The molecule has 0 radical (unpaired) electrons. The molecule has 0 saturated heterocycles. The summed E-state index contributed by atoms with van der Waals surface area (Å²) < 4.78 is 0. The molecule has 0 fully saturated rings. The number of para-hydroxylation sites is 1. The highest BCUT2D eigenvalue weighted by atomic mass is 32.2. The van der Waals surface area contributed by atoms with Gasteiger partial charge in [0.05, 0.1) is 0 Å². The van der Waals surface area contributed by atoms with Crippen molar-refractivity contribution >= 4 is 22.7 Å². The molecule has 2 atom stereocenters. The molecule has 2 aromatic carbocycles. The van der Waals surface area contributed by atoms with Crippen molar-refractivity contribution in [2.24, 2.45) is 5.92 Å². The molecule has 3 heteroatoms. The fraction of sp³-hybridized carbons (Fsp3) is 0.333. The van der Waals surface area contributed by atoms with Crippen LogP contribution >= 0.6 is 11.8 Å². The molecule has 126 valence electrons. The minimum absolute atomic E-state index is 0.163. The number of hydrogen-bond donors (Lipinski definition) is 2. The number of aliphatic hydroxyl groups excluding tert-OH is 1. The Bertz CT molecular complexity index is 806. The summed E-state index contributed by atoms with van der Waals surface area (Å²) in [6.07, 6.45) is 4.26. The van der Waals surface area contributed by atoms with Crippen molar-refractivity contribution in [3.8, 4) is 0 Å². The molecule has 3 rings (SSSR count). The van der Waals surface area contributed by atoms with Crippen molar-refractivity contribution in [2.75, 3.05) is 12.9 Å². The molecule has 0 aliphatic rings. The van der Waals surface area contributed by atoms with Gasteiger partial charge < -0.3 is 10.1 Å². The smallest absolute Gasteiger partial charge is 0.0498 e. The number of aryl methyl sites for hydroxylation is 1. The highest BCUT2D eigenvalue weighted by Gasteiger charge is 2.24. The second-order valence-electron chi connectivity index (χ2n) is 6.56. The quantitative estimate of drug-likeness (QED) is 0.655. The third kappa shape index (κ3) is 3.24. The Hall–Kier alpha value is -1.71. The summed E-state index contributed by atoms with van der Waals surface area (Å²) in [4.78, 5) is 3.49. The van der Waals surface area contributed by atoms with Gasteiger partial charge in [0, 0.05) is 35.4 Å². The average Bonchev–Trinajstić information content (AvgIpc) is 3.02. The Balaban J connectivity index is 2.13. The number of aromatic nitrogens is 1. The van der Waals surface area contributed by atoms with E-state index in [4.69, 9.17) is 0 Å². The monoisotopic (exact) mass is 339 g/mol. The molecule has 0 aliphatic heterocycles. The SMILES string of the molecule is CSCc1cccc2c(C(c3ccc(C)cc3)C(C)CO)c[nH]c12. The van der Waals surface area contributed by atoms with E-state index < -0.39 is 0 Å². The number of aliphatic hydroxyl groups is 1. The summed E-state index contributed by atoms with van der Waals surface area (Å²) in [5.41, 5.74) is 6.36. The summed E-state index contributed by atoms with van der Waals surface area (Å²) in [6, 6.07) is 15.2. The third-order valence-corrected chi connectivity index (χ3v) is 5.36. The highest BCUT2D eigenvalue weighted by molar-refractivity contribution is 7.97. The first-order valence-electron chi connectivity index (χ1n) is 8.41. The van der Waals surface area contributed by atoms with Crippen LogP contribution in [-0.2, 0) is 5.75 Å². The zero-order valence-electron chi connectivity index (χ0n) is 14.5. The number of aromatic amines is 1. The molecule has 1 aromatic heterocycles. The molecule has 24 heavy (non-hydrogen) atoms. The lowest BCUT2D eigenvalue weighted by molar-refractivity contribution is 0.225. The molecule has 0 bridgehead atoms. The van der Waals surface area contributed by atoms with E-state index in [1.54, 1.807) is 0 Å². The van der Waals surface area contributed by atoms with Gasteiger partial charge in [-0.05, 0) is 35.8 Å². The van der Waals surface area contributed by atoms with E-state index in [0.29, 0.717) is 0 Å². The number of thioether (sulfide) groups is 1. The van der Waals surface area contributed by atoms with E-state index >= 15 is 0 Å². The van der Waals surface area contributed by atoms with Gasteiger partial charge in [-0.3, -0.25) is 0 Å². The first kappa shape index (κ1) is 17.1. The molecular formula is C21H25NOS. The van der Waals surface area contributed by atoms with Gasteiger partial charge in [0.25, 0.3) is 0 Å². The molecule has 0 amide bonds. The van der Waals surface area contributed by atoms with E-state index in [-0.39, 0.29) is 18.4 Å². The summed E-state index contributed by atoms with van der Waals surface area (Å²) in [7, 11) is 0. The van der Waals surface area contributed by atoms with Crippen molar-refractivity contribution in [1.82, 2.24) is 4.98 Å². The minimum Gasteiger partial charge on any atom is -0.396 e. The van der Waals surface area contributed by atoms with Gasteiger partial charge in [0.1, 0.15) is 0 Å². The average molecular weight is 340 g/mol. The van der Waals surface area contributed by atoms with Crippen molar-refractivity contribution in [1.29, 1.82) is 0 Å². The normalized spacial score (nSPS) is 14.0. The number of rotatable bonds is 6. The zero-order chi connectivity index (χ0) is 17.1. The van der Waals surface area contributed by atoms with Crippen molar-refractivity contribution in [3.05, 3.63) is 70.9 Å². The molecule has 3 aromatic rings. The van der Waals surface area contributed by atoms with Crippen LogP contribution in [0.2, 0.25) is 0 Å². The Morgan fingerprint density at radius 3 is 2.54 bits per heavy atom. The van der Waals surface area contributed by atoms with Gasteiger partial charge in [-0.1, -0.05) is 55.0 Å². The van der Waals surface area contributed by atoms with Crippen LogP contribution in [0, 0.1) is 12.8 Å². The van der Waals surface area contributed by atoms with Crippen molar-refractivity contribution in [3.63, 3.8) is 0 Å². The second-order valence-corrected chi connectivity index (χ2v) is 7.43. The van der Waals surface area contributed by atoms with Crippen LogP contribution in [0.4, 0.5) is 0 Å². The van der Waals surface area contributed by atoms with E-state index in [1.807, 2.05) is 11.8 Å². The summed E-state index contributed by atoms with van der Waals surface area (Å²) >= 11 is 1.84. The summed E-state index contributed by atoms with van der Waals surface area (Å²) in [5.74, 6) is 1.35. The van der Waals surface area contributed by atoms with Crippen LogP contribution in [0.5, 0.6) is 0 Å². The molecule has 0 saturated carbocycles. The predicted octanol–water partition coefficient (Wildman–Crippen LogP) is 5.10. The van der Waals surface area contributed by atoms with Gasteiger partial charge in [-0.25, -0.2) is 0 Å². The first-order valence-corrected chi connectivity index (χ1v) is 9.80. The van der Waals surface area contributed by atoms with Gasteiger partial charge in [0.15, 0.2) is 0 Å². The van der Waals surface area contributed by atoms with E-state index in [2.05, 4.69) is 73.7 Å². The lowest BCUT2D eigenvalue weighted by Crippen LogP contribution is -2.14. The van der Waals surface area contributed by atoms with E-state index in [0.717, 1.165) is 5.75 Å². The lowest BCUT2D eigenvalue weighted by atomic mass is 9.81. The van der Waals surface area contributed by atoms with E-state index in [9.17, 15) is 5.11 Å². The maximum Gasteiger partial charge on any atom is 0.0498 e. The van der Waals surface area contributed by atoms with Gasteiger partial charge in [-0.15, -0.1) is 0 Å². The van der Waals surface area contributed by atoms with Crippen molar-refractivity contribution < 1.29 is 5.11 Å². The number of H-pyrrole nitrogens is 1. The van der Waals surface area contributed by atoms with Gasteiger partial charge in [0.2, 0.25) is 0 Å². The Kier molecular flexibility index (Phi) is 5.32. The van der Waals surface area contributed by atoms with Crippen LogP contribution < -0.4 is 0 Å². The molecule has 2 N–H and O–H groups in total. The van der Waals surface area contributed by atoms with Crippen LogP contribution in [0.1, 0.15) is 35.1 Å². The van der Waals surface area contributed by atoms with Crippen LogP contribution in [0.3, 0.4) is 0 Å². The van der Waals surface area contributed by atoms with Crippen LogP contribution in [0.25, 0.3) is 10.9 Å². The van der Waals surface area contributed by atoms with Crippen LogP contribution in [-0.4, -0.2) is 23.0 Å². The molecule has 1 heterocycles. The Morgan fingerprint density at radius 2 is 1.88 bits per heavy atom. The third-order valence-electron chi connectivity index (χ3n) is 4.76. The number of nitrogens with one attached hydrogen (secondary N) is 1. The van der Waals surface area contributed by atoms with Crippen LogP contribution in [0.15, 0.2) is 48.7 Å². The second kappa shape index (κ2) is 7.45. The lowest BCUT2D eigenvalue weighted by Gasteiger charge is -2.23. The number of benzene rings is 2. The van der Waals surface area contributed by atoms with Gasteiger partial charge >= 0.3 is 0 Å². The summed E-state index contributed by atoms with van der Waals surface area (Å²) in [6.45, 7) is 4.40. The van der Waals surface area contributed by atoms with Crippen molar-refractivity contribution in [2.45, 2.75) is 25.5 Å².